The highest BCUT2D eigenvalue weighted by atomic mass is 35.5. The third-order valence-corrected chi connectivity index (χ3v) is 3.40. The van der Waals surface area contributed by atoms with E-state index >= 15 is 0 Å². The molecule has 23 heavy (non-hydrogen) atoms. The van der Waals surface area contributed by atoms with Gasteiger partial charge in [0.15, 0.2) is 0 Å². The fourth-order valence-electron chi connectivity index (χ4n) is 1.96. The lowest BCUT2D eigenvalue weighted by molar-refractivity contribution is -0.120. The first kappa shape index (κ1) is 17.0. The normalized spacial score (nSPS) is 10.2. The maximum atomic E-state index is 12.9. The molecule has 2 N–H and O–H groups in total. The Morgan fingerprint density at radius 2 is 1.78 bits per heavy atom. The molecule has 0 aliphatic carbocycles. The molecule has 0 aromatic heterocycles. The number of benzene rings is 2. The molecular weight excluding hydrogens is 319 g/mol. The summed E-state index contributed by atoms with van der Waals surface area (Å²) in [6.07, 6.45) is 0.375. The van der Waals surface area contributed by atoms with Crippen LogP contribution in [0.1, 0.15) is 12.0 Å². The second kappa shape index (κ2) is 8.29. The molecule has 2 aromatic rings. The van der Waals surface area contributed by atoms with Crippen molar-refractivity contribution in [3.63, 3.8) is 0 Å². The van der Waals surface area contributed by atoms with Crippen LogP contribution in [0.4, 0.5) is 10.1 Å². The van der Waals surface area contributed by atoms with E-state index in [1.807, 2.05) is 30.3 Å². The predicted octanol–water partition coefficient (Wildman–Crippen LogP) is 3.17. The van der Waals surface area contributed by atoms with Gasteiger partial charge in [-0.1, -0.05) is 41.9 Å². The molecule has 2 amide bonds. The zero-order chi connectivity index (χ0) is 16.7. The average Bonchev–Trinajstić information content (AvgIpc) is 2.51. The minimum Gasteiger partial charge on any atom is -0.355 e. The molecule has 0 fully saturated rings. The molecular formula is C17H16ClFN2O2. The van der Waals surface area contributed by atoms with Gasteiger partial charge >= 0.3 is 0 Å². The van der Waals surface area contributed by atoms with Gasteiger partial charge in [0, 0.05) is 13.0 Å². The molecule has 0 heterocycles. The Morgan fingerprint density at radius 3 is 2.48 bits per heavy atom. The SMILES string of the molecule is O=C(Cc1ccccc1)NCCC(=O)Nc1ccc(F)cc1Cl. The van der Waals surface area contributed by atoms with E-state index in [2.05, 4.69) is 10.6 Å². The summed E-state index contributed by atoms with van der Waals surface area (Å²) in [5.41, 5.74) is 1.25. The number of carbonyl (C=O) groups is 2. The Labute approximate surface area is 138 Å². The molecule has 0 spiro atoms. The highest BCUT2D eigenvalue weighted by molar-refractivity contribution is 6.33. The predicted molar refractivity (Wildman–Crippen MR) is 87.8 cm³/mol. The first-order chi connectivity index (χ1) is 11.0. The largest absolute Gasteiger partial charge is 0.355 e. The molecule has 0 atom stereocenters. The lowest BCUT2D eigenvalue weighted by atomic mass is 10.1. The van der Waals surface area contributed by atoms with E-state index in [0.29, 0.717) is 5.69 Å². The van der Waals surface area contributed by atoms with Crippen LogP contribution in [0.3, 0.4) is 0 Å². The summed E-state index contributed by atoms with van der Waals surface area (Å²) in [5, 5.41) is 5.38. The molecule has 0 saturated carbocycles. The van der Waals surface area contributed by atoms with Crippen LogP contribution in [0.15, 0.2) is 48.5 Å². The minimum atomic E-state index is -0.471. The van der Waals surface area contributed by atoms with E-state index in [9.17, 15) is 14.0 Å². The van der Waals surface area contributed by atoms with E-state index in [1.165, 1.54) is 12.1 Å². The molecule has 0 unspecified atom stereocenters. The van der Waals surface area contributed by atoms with E-state index in [-0.39, 0.29) is 36.2 Å². The summed E-state index contributed by atoms with van der Waals surface area (Å²) < 4.78 is 12.9. The van der Waals surface area contributed by atoms with Gasteiger partial charge in [0.25, 0.3) is 0 Å². The van der Waals surface area contributed by atoms with Crippen molar-refractivity contribution in [2.45, 2.75) is 12.8 Å². The van der Waals surface area contributed by atoms with Gasteiger partial charge in [0.1, 0.15) is 5.82 Å². The molecule has 120 valence electrons. The van der Waals surface area contributed by atoms with Gasteiger partial charge in [-0.2, -0.15) is 0 Å². The summed E-state index contributed by atoms with van der Waals surface area (Å²) in [4.78, 5) is 23.5. The maximum absolute atomic E-state index is 12.9. The number of hydrogen-bond donors (Lipinski definition) is 2. The average molecular weight is 335 g/mol. The molecule has 0 radical (unpaired) electrons. The van der Waals surface area contributed by atoms with Gasteiger partial charge < -0.3 is 10.6 Å². The van der Waals surface area contributed by atoms with Crippen LogP contribution in [-0.4, -0.2) is 18.4 Å². The Morgan fingerprint density at radius 1 is 1.04 bits per heavy atom. The summed E-state index contributed by atoms with van der Waals surface area (Å²) in [5.74, 6) is -0.927. The maximum Gasteiger partial charge on any atom is 0.226 e. The topological polar surface area (TPSA) is 58.2 Å². The van der Waals surface area contributed by atoms with Crippen molar-refractivity contribution in [2.75, 3.05) is 11.9 Å². The molecule has 6 heteroatoms. The number of rotatable bonds is 6. The Balaban J connectivity index is 1.73. The van der Waals surface area contributed by atoms with Crippen LogP contribution in [0, 0.1) is 5.82 Å². The summed E-state index contributed by atoms with van der Waals surface area (Å²) in [6.45, 7) is 0.219. The van der Waals surface area contributed by atoms with Crippen LogP contribution < -0.4 is 10.6 Å². The molecule has 0 bridgehead atoms. The van der Waals surface area contributed by atoms with Crippen molar-refractivity contribution in [2.24, 2.45) is 0 Å². The standard InChI is InChI=1S/C17H16ClFN2O2/c18-14-11-13(19)6-7-15(14)21-16(22)8-9-20-17(23)10-12-4-2-1-3-5-12/h1-7,11H,8-10H2,(H,20,23)(H,21,22). The van der Waals surface area contributed by atoms with Crippen LogP contribution in [0.25, 0.3) is 0 Å². The van der Waals surface area contributed by atoms with Crippen LogP contribution in [0.2, 0.25) is 5.02 Å². The first-order valence-electron chi connectivity index (χ1n) is 7.10. The van der Waals surface area contributed by atoms with Crippen LogP contribution >= 0.6 is 11.6 Å². The highest BCUT2D eigenvalue weighted by Gasteiger charge is 2.08. The fourth-order valence-corrected chi connectivity index (χ4v) is 2.18. The number of halogens is 2. The zero-order valence-corrected chi connectivity index (χ0v) is 13.1. The van der Waals surface area contributed by atoms with Crippen molar-refractivity contribution in [1.82, 2.24) is 5.32 Å². The number of nitrogens with one attached hydrogen (secondary N) is 2. The van der Waals surface area contributed by atoms with E-state index < -0.39 is 5.82 Å². The molecule has 2 rings (SSSR count). The molecule has 0 saturated heterocycles. The molecule has 2 aromatic carbocycles. The van der Waals surface area contributed by atoms with Crippen molar-refractivity contribution in [3.05, 3.63) is 64.9 Å². The summed E-state index contributed by atoms with van der Waals surface area (Å²) in [7, 11) is 0. The van der Waals surface area contributed by atoms with Crippen molar-refractivity contribution in [3.8, 4) is 0 Å². The number of hydrogen-bond acceptors (Lipinski definition) is 2. The Kier molecular flexibility index (Phi) is 6.11. The Hall–Kier alpha value is -2.40. The van der Waals surface area contributed by atoms with Gasteiger partial charge in [-0.3, -0.25) is 9.59 Å². The molecule has 4 nitrogen and oxygen atoms in total. The van der Waals surface area contributed by atoms with Gasteiger partial charge in [0.05, 0.1) is 17.1 Å². The van der Waals surface area contributed by atoms with E-state index in [0.717, 1.165) is 11.6 Å². The number of anilines is 1. The van der Waals surface area contributed by atoms with E-state index in [4.69, 9.17) is 11.6 Å². The lowest BCUT2D eigenvalue weighted by Crippen LogP contribution is -2.28. The number of carbonyl (C=O) groups excluding carboxylic acids is 2. The smallest absolute Gasteiger partial charge is 0.226 e. The van der Waals surface area contributed by atoms with E-state index in [1.54, 1.807) is 0 Å². The Bertz CT molecular complexity index is 692. The third kappa shape index (κ3) is 5.71. The highest BCUT2D eigenvalue weighted by Crippen LogP contribution is 2.22. The minimum absolute atomic E-state index is 0.105. The fraction of sp³-hybridized carbons (Fsp3) is 0.176. The quantitative estimate of drug-likeness (QED) is 0.852. The lowest BCUT2D eigenvalue weighted by Gasteiger charge is -2.08. The number of amides is 2. The van der Waals surface area contributed by atoms with Gasteiger partial charge in [0.2, 0.25) is 11.8 Å². The van der Waals surface area contributed by atoms with Crippen LogP contribution in [-0.2, 0) is 16.0 Å². The summed E-state index contributed by atoms with van der Waals surface area (Å²) in [6, 6.07) is 13.1. The zero-order valence-electron chi connectivity index (χ0n) is 12.3. The van der Waals surface area contributed by atoms with Gasteiger partial charge in [-0.15, -0.1) is 0 Å². The van der Waals surface area contributed by atoms with Crippen molar-refractivity contribution in [1.29, 1.82) is 0 Å². The second-order valence-electron chi connectivity index (χ2n) is 4.93. The summed E-state index contributed by atoms with van der Waals surface area (Å²) >= 11 is 5.82. The van der Waals surface area contributed by atoms with Crippen molar-refractivity contribution >= 4 is 29.1 Å². The van der Waals surface area contributed by atoms with Crippen LogP contribution in [0.5, 0.6) is 0 Å². The third-order valence-electron chi connectivity index (χ3n) is 3.09. The monoisotopic (exact) mass is 334 g/mol. The van der Waals surface area contributed by atoms with Gasteiger partial charge in [-0.25, -0.2) is 4.39 Å². The second-order valence-corrected chi connectivity index (χ2v) is 5.34. The van der Waals surface area contributed by atoms with Crippen molar-refractivity contribution < 1.29 is 14.0 Å². The molecule has 0 aliphatic rings. The first-order valence-corrected chi connectivity index (χ1v) is 7.48. The molecule has 0 aliphatic heterocycles. The van der Waals surface area contributed by atoms with Gasteiger partial charge in [-0.05, 0) is 23.8 Å².